The van der Waals surface area contributed by atoms with Crippen LogP contribution >= 0.6 is 0 Å². The molecule has 1 N–H and O–H groups in total. The first-order chi connectivity index (χ1) is 26.1. The number of rotatable bonds is 10. The summed E-state index contributed by atoms with van der Waals surface area (Å²) in [5.41, 5.74) is 3.90. The van der Waals surface area contributed by atoms with Crippen molar-refractivity contribution >= 4 is 23.2 Å². The van der Waals surface area contributed by atoms with Gasteiger partial charge < -0.3 is 18.9 Å². The molecule has 0 radical (unpaired) electrons. The normalized spacial score (nSPS) is 24.1. The van der Waals surface area contributed by atoms with Crippen LogP contribution in [0.5, 0.6) is 6.01 Å². The second kappa shape index (κ2) is 13.6. The number of imidazole rings is 1. The van der Waals surface area contributed by atoms with E-state index in [2.05, 4.69) is 30.3 Å². The first kappa shape index (κ1) is 19.2. The second-order valence-corrected chi connectivity index (χ2v) is 9.46. The summed E-state index contributed by atoms with van der Waals surface area (Å²) >= 11 is 0. The monoisotopic (exact) mass is 621 g/mol. The Balaban J connectivity index is 1.23. The highest BCUT2D eigenvalue weighted by Crippen LogP contribution is 2.31. The Morgan fingerprint density at radius 1 is 1.02 bits per heavy atom. The summed E-state index contributed by atoms with van der Waals surface area (Å²) in [5.74, 6) is -0.611. The number of hydrogen-bond acceptors (Lipinski definition) is 10. The van der Waals surface area contributed by atoms with E-state index in [0.29, 0.717) is 11.3 Å². The summed E-state index contributed by atoms with van der Waals surface area (Å²) in [5, 5.41) is 14.3. The van der Waals surface area contributed by atoms with Gasteiger partial charge in [0, 0.05) is 26.2 Å². The highest BCUT2D eigenvalue weighted by Gasteiger charge is 2.25. The smallest absolute Gasteiger partial charge is 0.465 e. The van der Waals surface area contributed by atoms with Crippen molar-refractivity contribution in [3.8, 4) is 28.5 Å². The topological polar surface area (TPSA) is 143 Å². The predicted molar refractivity (Wildman–Crippen MR) is 164 cm³/mol. The number of aromatic amines is 1. The molecular weight excluding hydrogens is 576 g/mol. The van der Waals surface area contributed by atoms with Gasteiger partial charge in [0.05, 0.1) is 31.1 Å². The summed E-state index contributed by atoms with van der Waals surface area (Å²) in [6.07, 6.45) is -27.4. The second-order valence-electron chi connectivity index (χ2n) is 9.46. The number of benzene rings is 3. The molecule has 6 rings (SSSR count). The van der Waals surface area contributed by atoms with E-state index in [0.717, 1.165) is 29.2 Å². The highest BCUT2D eigenvalue weighted by atomic mass is 16.8. The molecule has 12 nitrogen and oxygen atoms in total. The Kier molecular flexibility index (Phi) is 5.79. The Bertz CT molecular complexity index is 2240. The van der Waals surface area contributed by atoms with E-state index in [1.165, 1.54) is 12.1 Å². The lowest BCUT2D eigenvalue weighted by Gasteiger charge is -2.22. The zero-order valence-electron chi connectivity index (χ0n) is 35.0. The summed E-state index contributed by atoms with van der Waals surface area (Å²) in [7, 11) is 0. The zero-order chi connectivity index (χ0) is 41.1. The van der Waals surface area contributed by atoms with Crippen LogP contribution in [0.3, 0.4) is 0 Å². The number of hydrogen-bond donors (Lipinski definition) is 1. The average Bonchev–Trinajstić information content (AvgIpc) is 3.80. The minimum Gasteiger partial charge on any atom is -0.465 e. The molecule has 0 amide bonds. The molecule has 1 unspecified atom stereocenters. The van der Waals surface area contributed by atoms with Crippen molar-refractivity contribution in [2.45, 2.75) is 64.6 Å². The number of ether oxygens (including phenoxy) is 4. The average molecular weight is 622 g/mol. The van der Waals surface area contributed by atoms with Crippen molar-refractivity contribution < 1.29 is 43.6 Å². The lowest BCUT2D eigenvalue weighted by Crippen LogP contribution is -2.26. The lowest BCUT2D eigenvalue weighted by molar-refractivity contribution is -0.0914. The van der Waals surface area contributed by atoms with Crippen molar-refractivity contribution in [1.29, 1.82) is 0 Å². The highest BCUT2D eigenvalue weighted by molar-refractivity contribution is 6.02. The van der Waals surface area contributed by atoms with E-state index < -0.39 is 56.4 Å². The predicted octanol–water partition coefficient (Wildman–Crippen LogP) is 6.32. The number of fused-ring (bicyclic) bond motifs is 1. The summed E-state index contributed by atoms with van der Waals surface area (Å²) in [6.45, 7) is 3.23. The maximum atomic E-state index is 13.6. The summed E-state index contributed by atoms with van der Waals surface area (Å²) < 4.78 is 111. The molecule has 1 saturated carbocycles. The minimum absolute atomic E-state index is 0.0454. The largest absolute Gasteiger partial charge is 0.511 e. The van der Waals surface area contributed by atoms with E-state index in [-0.39, 0.29) is 30.2 Å². The van der Waals surface area contributed by atoms with Crippen LogP contribution in [0.25, 0.3) is 33.5 Å². The number of esters is 1. The molecule has 1 aliphatic carbocycles. The van der Waals surface area contributed by atoms with Gasteiger partial charge in [0.15, 0.2) is 0 Å². The van der Waals surface area contributed by atoms with Crippen LogP contribution in [0, 0.1) is 0 Å². The summed E-state index contributed by atoms with van der Waals surface area (Å²) in [4.78, 5) is 31.0. The third-order valence-electron chi connectivity index (χ3n) is 6.54. The van der Waals surface area contributed by atoms with Crippen molar-refractivity contribution in [2.75, 3.05) is 6.61 Å². The van der Waals surface area contributed by atoms with Crippen LogP contribution in [-0.4, -0.2) is 61.3 Å². The van der Waals surface area contributed by atoms with Crippen LogP contribution in [0.15, 0.2) is 66.7 Å². The number of aromatic nitrogens is 6. The fourth-order valence-electron chi connectivity index (χ4n) is 4.66. The third-order valence-corrected chi connectivity index (χ3v) is 6.54. The van der Waals surface area contributed by atoms with Crippen LogP contribution < -0.4 is 4.74 Å². The van der Waals surface area contributed by atoms with Crippen LogP contribution in [-0.2, 0) is 20.8 Å². The fourth-order valence-corrected chi connectivity index (χ4v) is 4.66. The van der Waals surface area contributed by atoms with Gasteiger partial charge in [0.1, 0.15) is 6.08 Å². The number of para-hydroxylation sites is 1. The number of carbonyl (C=O) groups excluding carboxylic acids is 2. The van der Waals surface area contributed by atoms with Crippen LogP contribution in [0.2, 0.25) is 0 Å². The molecule has 0 spiro atoms. The molecule has 1 atom stereocenters. The van der Waals surface area contributed by atoms with Crippen LogP contribution in [0.1, 0.15) is 76.7 Å². The molecule has 0 saturated heterocycles. The third kappa shape index (κ3) is 6.79. The molecule has 1 fully saturated rings. The van der Waals surface area contributed by atoms with Gasteiger partial charge in [-0.1, -0.05) is 61.0 Å². The van der Waals surface area contributed by atoms with Crippen molar-refractivity contribution in [3.63, 3.8) is 0 Å². The van der Waals surface area contributed by atoms with Crippen molar-refractivity contribution in [2.24, 2.45) is 0 Å². The lowest BCUT2D eigenvalue weighted by atomic mass is 9.98. The Hall–Kier alpha value is -5.26. The Labute approximate surface area is 275 Å². The van der Waals surface area contributed by atoms with Gasteiger partial charge in [-0.25, -0.2) is 9.59 Å². The molecule has 1 aliphatic rings. The first-order valence-electron chi connectivity index (χ1n) is 19.3. The molecule has 232 valence electrons. The van der Waals surface area contributed by atoms with E-state index in [4.69, 9.17) is 29.3 Å². The molecule has 45 heavy (non-hydrogen) atoms. The number of H-pyrrole nitrogens is 1. The molecule has 2 heterocycles. The molecule has 3 aromatic carbocycles. The number of carbonyl (C=O) groups is 2. The SMILES string of the molecule is [2H]C1([2H])C([2H])([2H])C([2H])([2H])C([2H])(OC(=O)OC(C)OC(=O)c2cccc3nc(OCC)n(Cc4ccc(-c5ccccc5-c5nn[nH]n5)cc4)c23)C([2H])([2H])C1([2H])[2H]. The van der Waals surface area contributed by atoms with Gasteiger partial charge in [-0.3, -0.25) is 4.57 Å². The molecule has 5 aromatic rings. The van der Waals surface area contributed by atoms with E-state index in [1.54, 1.807) is 17.6 Å². The number of tetrazole rings is 1. The van der Waals surface area contributed by atoms with Gasteiger partial charge in [-0.2, -0.15) is 10.2 Å². The van der Waals surface area contributed by atoms with Gasteiger partial charge >= 0.3 is 12.1 Å². The summed E-state index contributed by atoms with van der Waals surface area (Å²) in [6, 6.07) is 19.9. The van der Waals surface area contributed by atoms with Gasteiger partial charge in [0.2, 0.25) is 12.1 Å². The van der Waals surface area contributed by atoms with E-state index in [9.17, 15) is 9.59 Å². The maximum absolute atomic E-state index is 13.6. The van der Waals surface area contributed by atoms with Crippen molar-refractivity contribution in [3.05, 3.63) is 77.9 Å². The standard InChI is InChI=1S/C33H34N6O6/c1-3-42-32-34-28-15-9-14-27(31(40)43-21(2)44-33(41)45-24-10-5-4-6-11-24)29(28)39(32)20-22-16-18-23(19-17-22)25-12-7-8-13-26(25)30-35-37-38-36-30/h7-9,12-19,21,24H,3-6,10-11,20H2,1-2H3,(H,35,36,37,38)/i4D2,5D2,6D2,10D2,11D2,24D. The number of nitrogens with zero attached hydrogens (tertiary/aromatic N) is 5. The van der Waals surface area contributed by atoms with Crippen LogP contribution in [0.4, 0.5) is 4.79 Å². The fraction of sp³-hybridized carbons (Fsp3) is 0.333. The van der Waals surface area contributed by atoms with Gasteiger partial charge in [0.25, 0.3) is 6.01 Å². The molecule has 0 bridgehead atoms. The van der Waals surface area contributed by atoms with Gasteiger partial charge in [-0.05, 0) is 66.5 Å². The molecule has 12 heteroatoms. The maximum Gasteiger partial charge on any atom is 0.511 e. The zero-order valence-corrected chi connectivity index (χ0v) is 24.0. The quantitative estimate of drug-likeness (QED) is 0.139. The molecular formula is C33H34N6O6. The Morgan fingerprint density at radius 2 is 1.80 bits per heavy atom. The molecule has 2 aromatic heterocycles. The van der Waals surface area contributed by atoms with Crippen molar-refractivity contribution in [1.82, 2.24) is 30.2 Å². The Morgan fingerprint density at radius 3 is 2.53 bits per heavy atom. The number of nitrogens with one attached hydrogen (secondary N) is 1. The minimum atomic E-state index is -4.02. The first-order valence-corrected chi connectivity index (χ1v) is 13.8. The van der Waals surface area contributed by atoms with E-state index >= 15 is 0 Å². The van der Waals surface area contributed by atoms with Gasteiger partial charge in [-0.15, -0.1) is 10.2 Å². The molecule has 0 aliphatic heterocycles. The van der Waals surface area contributed by atoms with E-state index in [1.807, 2.05) is 48.5 Å².